The quantitative estimate of drug-likeness (QED) is 0.623. The van der Waals surface area contributed by atoms with Crippen molar-refractivity contribution < 1.29 is 14.3 Å². The number of rotatable bonds is 3. The smallest absolute Gasteiger partial charge is 0.306 e. The molecule has 0 amide bonds. The minimum Gasteiger partial charge on any atom is -0.458 e. The van der Waals surface area contributed by atoms with Crippen molar-refractivity contribution >= 4 is 11.8 Å². The Morgan fingerprint density at radius 1 is 1.69 bits per heavy atom. The lowest BCUT2D eigenvalue weighted by atomic mass is 10.2. The van der Waals surface area contributed by atoms with Crippen LogP contribution in [0.3, 0.4) is 0 Å². The average Bonchev–Trinajstić information content (AvgIpc) is 2.31. The Bertz CT molecular complexity index is 253. The molecule has 0 aliphatic heterocycles. The predicted octanol–water partition coefficient (Wildman–Crippen LogP) is 1.62. The Balaban J connectivity index is 2.40. The highest BCUT2D eigenvalue weighted by molar-refractivity contribution is 5.98. The second-order valence-corrected chi connectivity index (χ2v) is 3.26. The molecule has 1 atom stereocenters. The SMILES string of the molecule is CCCC(=O)O[C@H]1C=C(C)C(=O)C1. The standard InChI is InChI=1S/C10H14O3/c1-3-4-10(12)13-8-5-7(2)9(11)6-8/h5,8H,3-4,6H2,1-2H3/t8-/m0/s1. The summed E-state index contributed by atoms with van der Waals surface area (Å²) in [5.41, 5.74) is 0.703. The minimum absolute atomic E-state index is 0.0781. The van der Waals surface area contributed by atoms with Gasteiger partial charge in [0.15, 0.2) is 5.78 Å². The molecule has 0 saturated heterocycles. The summed E-state index contributed by atoms with van der Waals surface area (Å²) in [5, 5.41) is 0. The molecule has 1 aliphatic rings. The summed E-state index contributed by atoms with van der Waals surface area (Å²) < 4.78 is 5.06. The van der Waals surface area contributed by atoms with E-state index in [1.807, 2.05) is 6.92 Å². The fourth-order valence-corrected chi connectivity index (χ4v) is 1.28. The second kappa shape index (κ2) is 4.21. The van der Waals surface area contributed by atoms with Crippen LogP contribution in [0.5, 0.6) is 0 Å². The molecule has 72 valence electrons. The van der Waals surface area contributed by atoms with Crippen molar-refractivity contribution in [2.24, 2.45) is 0 Å². The molecule has 0 unspecified atom stereocenters. The second-order valence-electron chi connectivity index (χ2n) is 3.26. The molecular weight excluding hydrogens is 168 g/mol. The Labute approximate surface area is 77.8 Å². The molecule has 0 aromatic rings. The van der Waals surface area contributed by atoms with Crippen molar-refractivity contribution in [3.8, 4) is 0 Å². The van der Waals surface area contributed by atoms with Gasteiger partial charge in [-0.3, -0.25) is 9.59 Å². The van der Waals surface area contributed by atoms with Gasteiger partial charge in [0.05, 0.1) is 6.42 Å². The molecule has 0 aromatic heterocycles. The molecular formula is C10H14O3. The third kappa shape index (κ3) is 2.68. The first-order valence-electron chi connectivity index (χ1n) is 4.54. The van der Waals surface area contributed by atoms with Crippen LogP contribution in [0.2, 0.25) is 0 Å². The van der Waals surface area contributed by atoms with Gasteiger partial charge in [-0.2, -0.15) is 0 Å². The summed E-state index contributed by atoms with van der Waals surface area (Å²) in [4.78, 5) is 22.1. The molecule has 0 bridgehead atoms. The summed E-state index contributed by atoms with van der Waals surface area (Å²) in [6.07, 6.45) is 2.93. The van der Waals surface area contributed by atoms with Crippen LogP contribution in [0.1, 0.15) is 33.1 Å². The summed E-state index contributed by atoms with van der Waals surface area (Å²) in [6.45, 7) is 3.66. The van der Waals surface area contributed by atoms with Gasteiger partial charge in [0.25, 0.3) is 0 Å². The van der Waals surface area contributed by atoms with Gasteiger partial charge in [0.2, 0.25) is 0 Å². The zero-order valence-corrected chi connectivity index (χ0v) is 8.00. The van der Waals surface area contributed by atoms with E-state index in [0.29, 0.717) is 18.4 Å². The van der Waals surface area contributed by atoms with Crippen molar-refractivity contribution in [3.05, 3.63) is 11.6 Å². The van der Waals surface area contributed by atoms with Gasteiger partial charge in [-0.15, -0.1) is 0 Å². The molecule has 1 aliphatic carbocycles. The van der Waals surface area contributed by atoms with Crippen LogP contribution in [-0.2, 0) is 14.3 Å². The van der Waals surface area contributed by atoms with E-state index in [2.05, 4.69) is 0 Å². The lowest BCUT2D eigenvalue weighted by Gasteiger charge is -2.07. The molecule has 0 aromatic carbocycles. The van der Waals surface area contributed by atoms with Gasteiger partial charge in [0.1, 0.15) is 6.10 Å². The van der Waals surface area contributed by atoms with Crippen molar-refractivity contribution in [1.82, 2.24) is 0 Å². The maximum absolute atomic E-state index is 11.1. The minimum atomic E-state index is -0.313. The molecule has 3 heteroatoms. The highest BCUT2D eigenvalue weighted by Gasteiger charge is 2.23. The molecule has 0 spiro atoms. The molecule has 0 saturated carbocycles. The largest absolute Gasteiger partial charge is 0.458 e. The highest BCUT2D eigenvalue weighted by atomic mass is 16.5. The Kier molecular flexibility index (Phi) is 3.23. The summed E-state index contributed by atoms with van der Waals surface area (Å²) >= 11 is 0. The first-order valence-corrected chi connectivity index (χ1v) is 4.54. The first kappa shape index (κ1) is 9.96. The van der Waals surface area contributed by atoms with Gasteiger partial charge < -0.3 is 4.74 Å². The maximum Gasteiger partial charge on any atom is 0.306 e. The van der Waals surface area contributed by atoms with Gasteiger partial charge >= 0.3 is 5.97 Å². The number of ether oxygens (including phenoxy) is 1. The molecule has 0 radical (unpaired) electrons. The summed E-state index contributed by atoms with van der Waals surface area (Å²) in [5.74, 6) is -0.138. The van der Waals surface area contributed by atoms with E-state index in [1.165, 1.54) is 0 Å². The molecule has 13 heavy (non-hydrogen) atoms. The van der Waals surface area contributed by atoms with Gasteiger partial charge in [-0.1, -0.05) is 6.92 Å². The summed E-state index contributed by atoms with van der Waals surface area (Å²) in [6, 6.07) is 0. The molecule has 0 heterocycles. The maximum atomic E-state index is 11.1. The Morgan fingerprint density at radius 2 is 2.38 bits per heavy atom. The third-order valence-corrected chi connectivity index (χ3v) is 2.00. The number of ketones is 1. The molecule has 0 N–H and O–H groups in total. The zero-order valence-electron chi connectivity index (χ0n) is 8.00. The number of hydrogen-bond acceptors (Lipinski definition) is 3. The third-order valence-electron chi connectivity index (χ3n) is 2.00. The lowest BCUT2D eigenvalue weighted by molar-refractivity contribution is -0.147. The summed E-state index contributed by atoms with van der Waals surface area (Å²) in [7, 11) is 0. The van der Waals surface area contributed by atoms with E-state index < -0.39 is 0 Å². The van der Waals surface area contributed by atoms with Gasteiger partial charge in [0, 0.05) is 6.42 Å². The van der Waals surface area contributed by atoms with Crippen LogP contribution >= 0.6 is 0 Å². The number of esters is 1. The lowest BCUT2D eigenvalue weighted by Crippen LogP contribution is -2.14. The average molecular weight is 182 g/mol. The number of hydrogen-bond donors (Lipinski definition) is 0. The van der Waals surface area contributed by atoms with Crippen LogP contribution in [0, 0.1) is 0 Å². The van der Waals surface area contributed by atoms with Crippen LogP contribution in [0.25, 0.3) is 0 Å². The normalized spacial score (nSPS) is 21.5. The number of allylic oxidation sites excluding steroid dienone is 1. The van der Waals surface area contributed by atoms with E-state index in [-0.39, 0.29) is 17.9 Å². The fraction of sp³-hybridized carbons (Fsp3) is 0.600. The van der Waals surface area contributed by atoms with Crippen molar-refractivity contribution in [1.29, 1.82) is 0 Å². The zero-order chi connectivity index (χ0) is 9.84. The Hall–Kier alpha value is -1.12. The van der Waals surface area contributed by atoms with Crippen molar-refractivity contribution in [3.63, 3.8) is 0 Å². The fourth-order valence-electron chi connectivity index (χ4n) is 1.28. The van der Waals surface area contributed by atoms with E-state index in [0.717, 1.165) is 6.42 Å². The Morgan fingerprint density at radius 3 is 2.85 bits per heavy atom. The van der Waals surface area contributed by atoms with E-state index >= 15 is 0 Å². The molecule has 1 rings (SSSR count). The number of carbonyl (C=O) groups excluding carboxylic acids is 2. The van der Waals surface area contributed by atoms with Crippen molar-refractivity contribution in [2.75, 3.05) is 0 Å². The van der Waals surface area contributed by atoms with E-state index in [4.69, 9.17) is 4.74 Å². The van der Waals surface area contributed by atoms with Crippen LogP contribution in [-0.4, -0.2) is 17.9 Å². The molecule has 0 fully saturated rings. The molecule has 3 nitrogen and oxygen atoms in total. The van der Waals surface area contributed by atoms with Gasteiger partial charge in [-0.05, 0) is 25.0 Å². The van der Waals surface area contributed by atoms with Gasteiger partial charge in [-0.25, -0.2) is 0 Å². The van der Waals surface area contributed by atoms with Crippen LogP contribution in [0.15, 0.2) is 11.6 Å². The van der Waals surface area contributed by atoms with E-state index in [1.54, 1.807) is 13.0 Å². The number of carbonyl (C=O) groups is 2. The number of Topliss-reactive ketones (excluding diaryl/α,β-unsaturated/α-hetero) is 1. The first-order chi connectivity index (χ1) is 6.13. The highest BCUT2D eigenvalue weighted by Crippen LogP contribution is 2.17. The van der Waals surface area contributed by atoms with E-state index in [9.17, 15) is 9.59 Å². The van der Waals surface area contributed by atoms with Crippen molar-refractivity contribution in [2.45, 2.75) is 39.2 Å². The predicted molar refractivity (Wildman–Crippen MR) is 48.2 cm³/mol. The van der Waals surface area contributed by atoms with Crippen LogP contribution < -0.4 is 0 Å². The monoisotopic (exact) mass is 182 g/mol. The topological polar surface area (TPSA) is 43.4 Å². The van der Waals surface area contributed by atoms with Crippen LogP contribution in [0.4, 0.5) is 0 Å².